The van der Waals surface area contributed by atoms with Gasteiger partial charge in [-0.1, -0.05) is 0 Å². The van der Waals surface area contributed by atoms with Crippen molar-refractivity contribution in [3.8, 4) is 0 Å². The Morgan fingerprint density at radius 2 is 1.15 bits per heavy atom. The maximum Gasteiger partial charge on any atom is 0.326 e. The van der Waals surface area contributed by atoms with Gasteiger partial charge in [-0.15, -0.1) is 0 Å². The number of thiol groups is 1. The van der Waals surface area contributed by atoms with Crippen LogP contribution in [-0.2, 0) is 33.6 Å². The average Bonchev–Trinajstić information content (AvgIpc) is 2.70. The minimum Gasteiger partial charge on any atom is -0.481 e. The van der Waals surface area contributed by atoms with Crippen LogP contribution in [0.4, 0.5) is 0 Å². The number of carbonyl (C=O) groups excluding carboxylic acids is 5. The summed E-state index contributed by atoms with van der Waals surface area (Å²) in [7, 11) is 0. The fourth-order valence-corrected chi connectivity index (χ4v) is 2.65. The highest BCUT2D eigenvalue weighted by molar-refractivity contribution is 7.80. The van der Waals surface area contributed by atoms with Crippen LogP contribution >= 0.6 is 12.6 Å². The van der Waals surface area contributed by atoms with E-state index in [1.165, 1.54) is 0 Å². The number of carbonyl (C=O) groups is 7. The Balaban J connectivity index is 5.31. The van der Waals surface area contributed by atoms with Crippen molar-refractivity contribution < 1.29 is 43.8 Å². The summed E-state index contributed by atoms with van der Waals surface area (Å²) in [6, 6.07) is -5.73. The fraction of sp³-hybridized carbons (Fsp3) is 0.588. The van der Waals surface area contributed by atoms with Crippen molar-refractivity contribution in [1.82, 2.24) is 16.0 Å². The maximum absolute atomic E-state index is 12.6. The van der Waals surface area contributed by atoms with E-state index in [9.17, 15) is 38.7 Å². The number of rotatable bonds is 16. The van der Waals surface area contributed by atoms with Crippen LogP contribution in [-0.4, -0.2) is 81.6 Å². The number of nitrogens with two attached hydrogens (primary N) is 3. The molecule has 0 fully saturated rings. The van der Waals surface area contributed by atoms with Gasteiger partial charge >= 0.3 is 11.9 Å². The molecule has 15 nitrogen and oxygen atoms in total. The van der Waals surface area contributed by atoms with E-state index in [0.29, 0.717) is 0 Å². The first-order valence-corrected chi connectivity index (χ1v) is 10.2. The Morgan fingerprint density at radius 3 is 1.58 bits per heavy atom. The van der Waals surface area contributed by atoms with Gasteiger partial charge in [0.2, 0.25) is 29.5 Å². The van der Waals surface area contributed by atoms with Gasteiger partial charge in [0, 0.05) is 18.6 Å². The van der Waals surface area contributed by atoms with Crippen LogP contribution in [0.2, 0.25) is 0 Å². The topological polar surface area (TPSA) is 274 Å². The lowest BCUT2D eigenvalue weighted by Gasteiger charge is -2.24. The molecule has 16 heteroatoms. The molecular weight excluding hydrogens is 464 g/mol. The SMILES string of the molecule is NC(=O)CCC(NC(=O)C(CS)NC(=O)C(CCC(N)=O)NC(=O)C(N)CC(=O)O)C(=O)O. The van der Waals surface area contributed by atoms with Crippen molar-refractivity contribution in [3.05, 3.63) is 0 Å². The third-order valence-electron chi connectivity index (χ3n) is 4.15. The largest absolute Gasteiger partial charge is 0.481 e. The Bertz CT molecular complexity index is 778. The quantitative estimate of drug-likeness (QED) is 0.0936. The highest BCUT2D eigenvalue weighted by Crippen LogP contribution is 2.03. The van der Waals surface area contributed by atoms with E-state index in [4.69, 9.17) is 22.3 Å². The first kappa shape index (κ1) is 29.6. The number of nitrogens with one attached hydrogen (secondary N) is 3. The molecule has 0 rings (SSSR count). The zero-order valence-electron chi connectivity index (χ0n) is 17.5. The van der Waals surface area contributed by atoms with Crippen LogP contribution < -0.4 is 33.2 Å². The molecule has 0 aromatic carbocycles. The van der Waals surface area contributed by atoms with Crippen molar-refractivity contribution in [3.63, 3.8) is 0 Å². The predicted molar refractivity (Wildman–Crippen MR) is 114 cm³/mol. The highest BCUT2D eigenvalue weighted by Gasteiger charge is 2.30. The lowest BCUT2D eigenvalue weighted by molar-refractivity contribution is -0.142. The molecule has 4 unspecified atom stereocenters. The van der Waals surface area contributed by atoms with Crippen molar-refractivity contribution in [2.75, 3.05) is 5.75 Å². The van der Waals surface area contributed by atoms with Crippen LogP contribution in [0.1, 0.15) is 32.1 Å². The molecule has 0 heterocycles. The highest BCUT2D eigenvalue weighted by atomic mass is 32.1. The standard InChI is InChI=1S/C17H28N6O9S/c18-7(5-13(26)27)14(28)21-8(1-3-11(19)24)15(29)23-10(6-33)16(30)22-9(17(31)32)2-4-12(20)25/h7-10,33H,1-6,18H2,(H2,19,24)(H2,20,25)(H,21,28)(H,22,30)(H,23,29)(H,26,27)(H,31,32). The summed E-state index contributed by atoms with van der Waals surface area (Å²) in [6.07, 6.45) is -1.95. The number of hydrogen-bond donors (Lipinski definition) is 9. The summed E-state index contributed by atoms with van der Waals surface area (Å²) in [5, 5.41) is 24.5. The molecule has 4 atom stereocenters. The lowest BCUT2D eigenvalue weighted by Crippen LogP contribution is -2.57. The first-order valence-electron chi connectivity index (χ1n) is 9.57. The van der Waals surface area contributed by atoms with Gasteiger partial charge in [-0.25, -0.2) is 4.79 Å². The van der Waals surface area contributed by atoms with E-state index in [1.54, 1.807) is 0 Å². The van der Waals surface area contributed by atoms with Crippen LogP contribution in [0.5, 0.6) is 0 Å². The van der Waals surface area contributed by atoms with Crippen LogP contribution in [0.15, 0.2) is 0 Å². The van der Waals surface area contributed by atoms with E-state index >= 15 is 0 Å². The molecule has 0 radical (unpaired) electrons. The Morgan fingerprint density at radius 1 is 0.727 bits per heavy atom. The number of hydrogen-bond acceptors (Lipinski definition) is 9. The van der Waals surface area contributed by atoms with Crippen LogP contribution in [0.25, 0.3) is 0 Å². The monoisotopic (exact) mass is 492 g/mol. The summed E-state index contributed by atoms with van der Waals surface area (Å²) in [5.41, 5.74) is 15.5. The zero-order valence-corrected chi connectivity index (χ0v) is 18.4. The second-order valence-corrected chi connectivity index (χ2v) is 7.28. The van der Waals surface area contributed by atoms with E-state index in [-0.39, 0.29) is 31.4 Å². The average molecular weight is 493 g/mol. The van der Waals surface area contributed by atoms with Gasteiger partial charge in [0.25, 0.3) is 0 Å². The summed E-state index contributed by atoms with van der Waals surface area (Å²) < 4.78 is 0. The molecular formula is C17H28N6O9S. The molecule has 186 valence electrons. The molecule has 33 heavy (non-hydrogen) atoms. The molecule has 0 aliphatic carbocycles. The van der Waals surface area contributed by atoms with E-state index < -0.39 is 72.1 Å². The van der Waals surface area contributed by atoms with Gasteiger partial charge in [0.15, 0.2) is 0 Å². The minimum absolute atomic E-state index is 0.283. The molecule has 0 bridgehead atoms. The Kier molecular flexibility index (Phi) is 13.1. The first-order chi connectivity index (χ1) is 15.3. The van der Waals surface area contributed by atoms with Gasteiger partial charge in [-0.3, -0.25) is 28.8 Å². The second kappa shape index (κ2) is 14.6. The van der Waals surface area contributed by atoms with Gasteiger partial charge in [0.1, 0.15) is 18.1 Å². The second-order valence-electron chi connectivity index (χ2n) is 6.92. The van der Waals surface area contributed by atoms with Crippen LogP contribution in [0, 0.1) is 0 Å². The van der Waals surface area contributed by atoms with E-state index in [0.717, 1.165) is 0 Å². The van der Waals surface area contributed by atoms with Crippen molar-refractivity contribution in [2.24, 2.45) is 17.2 Å². The van der Waals surface area contributed by atoms with Crippen molar-refractivity contribution in [1.29, 1.82) is 0 Å². The lowest BCUT2D eigenvalue weighted by atomic mass is 10.1. The molecule has 0 saturated carbocycles. The number of carboxylic acid groups (broad SMARTS) is 2. The number of carboxylic acids is 2. The molecule has 5 amide bonds. The Hall–Kier alpha value is -3.40. The van der Waals surface area contributed by atoms with Gasteiger partial charge in [-0.05, 0) is 12.8 Å². The van der Waals surface area contributed by atoms with Gasteiger partial charge in [-0.2, -0.15) is 12.6 Å². The third kappa shape index (κ3) is 12.3. The smallest absolute Gasteiger partial charge is 0.326 e. The van der Waals surface area contributed by atoms with Crippen molar-refractivity contribution in [2.45, 2.75) is 56.3 Å². The summed E-state index contributed by atoms with van der Waals surface area (Å²) >= 11 is 3.94. The van der Waals surface area contributed by atoms with Crippen molar-refractivity contribution >= 4 is 54.1 Å². The maximum atomic E-state index is 12.6. The van der Waals surface area contributed by atoms with Gasteiger partial charge in [0.05, 0.1) is 12.5 Å². The molecule has 0 aromatic heterocycles. The van der Waals surface area contributed by atoms with E-state index in [2.05, 4.69) is 28.6 Å². The molecule has 0 aromatic rings. The van der Waals surface area contributed by atoms with Gasteiger partial charge < -0.3 is 43.4 Å². The van der Waals surface area contributed by atoms with E-state index in [1.807, 2.05) is 0 Å². The summed E-state index contributed by atoms with van der Waals surface area (Å²) in [5.74, 6) is -7.54. The number of aliphatic carboxylic acids is 2. The minimum atomic E-state index is -1.49. The molecule has 11 N–H and O–H groups in total. The molecule has 0 spiro atoms. The zero-order chi connectivity index (χ0) is 25.7. The predicted octanol–water partition coefficient (Wildman–Crippen LogP) is -4.21. The third-order valence-corrected chi connectivity index (χ3v) is 4.52. The fourth-order valence-electron chi connectivity index (χ4n) is 2.40. The van der Waals surface area contributed by atoms with Crippen LogP contribution in [0.3, 0.4) is 0 Å². The molecule has 0 aliphatic heterocycles. The summed E-state index contributed by atoms with van der Waals surface area (Å²) in [6.45, 7) is 0. The molecule has 0 saturated heterocycles. The molecule has 0 aliphatic rings. The normalized spacial score (nSPS) is 14.1. The number of primary amides is 2. The number of amides is 5. The Labute approximate surface area is 193 Å². The summed E-state index contributed by atoms with van der Waals surface area (Å²) in [4.78, 5) is 81.0.